The van der Waals surface area contributed by atoms with Crippen LogP contribution in [0.3, 0.4) is 0 Å². The molecule has 1 atom stereocenters. The third kappa shape index (κ3) is 6.18. The van der Waals surface area contributed by atoms with Gasteiger partial charge in [0.25, 0.3) is 5.91 Å². The van der Waals surface area contributed by atoms with E-state index in [1.165, 1.54) is 23.4 Å². The minimum Gasteiger partial charge on any atom is -0.367 e. The van der Waals surface area contributed by atoms with E-state index in [-0.39, 0.29) is 5.56 Å². The first-order valence-electron chi connectivity index (χ1n) is 11.0. The van der Waals surface area contributed by atoms with Gasteiger partial charge in [-0.15, -0.1) is 0 Å². The highest BCUT2D eigenvalue weighted by Crippen LogP contribution is 2.30. The van der Waals surface area contributed by atoms with Crippen molar-refractivity contribution in [2.45, 2.75) is 38.3 Å². The summed E-state index contributed by atoms with van der Waals surface area (Å²) >= 11 is 0. The molecule has 35 heavy (non-hydrogen) atoms. The van der Waals surface area contributed by atoms with Crippen molar-refractivity contribution in [3.63, 3.8) is 0 Å². The Bertz CT molecular complexity index is 1220. The van der Waals surface area contributed by atoms with Crippen molar-refractivity contribution in [1.29, 1.82) is 0 Å². The van der Waals surface area contributed by atoms with Gasteiger partial charge in [0.05, 0.1) is 5.56 Å². The Balaban J connectivity index is 1.45. The molecule has 0 saturated heterocycles. The van der Waals surface area contributed by atoms with Crippen molar-refractivity contribution in [2.75, 3.05) is 27.9 Å². The fourth-order valence-electron chi connectivity index (χ4n) is 3.31. The van der Waals surface area contributed by atoms with Gasteiger partial charge in [-0.1, -0.05) is 12.1 Å². The van der Waals surface area contributed by atoms with E-state index in [1.54, 1.807) is 31.3 Å². The van der Waals surface area contributed by atoms with E-state index in [2.05, 4.69) is 25.9 Å². The maximum atomic E-state index is 13.0. The van der Waals surface area contributed by atoms with Crippen LogP contribution in [0, 0.1) is 6.92 Å². The third-order valence-corrected chi connectivity index (χ3v) is 5.54. The molecule has 3 aromatic rings. The first-order valence-corrected chi connectivity index (χ1v) is 11.0. The van der Waals surface area contributed by atoms with Gasteiger partial charge >= 0.3 is 6.18 Å². The Morgan fingerprint density at radius 2 is 1.91 bits per heavy atom. The summed E-state index contributed by atoms with van der Waals surface area (Å²) in [6.07, 6.45) is -2.10. The molecule has 1 heterocycles. The zero-order chi connectivity index (χ0) is 25.2. The molecular formula is C24H25F3N6O2. The number of benzene rings is 2. The lowest BCUT2D eigenvalue weighted by atomic mass is 10.1. The van der Waals surface area contributed by atoms with Crippen LogP contribution in [0.2, 0.25) is 0 Å². The smallest absolute Gasteiger partial charge is 0.367 e. The lowest BCUT2D eigenvalue weighted by Gasteiger charge is -2.27. The van der Waals surface area contributed by atoms with Crippen LogP contribution in [0.1, 0.15) is 34.3 Å². The quantitative estimate of drug-likeness (QED) is 0.349. The Kier molecular flexibility index (Phi) is 6.79. The number of hydrogen-bond donors (Lipinski definition) is 4. The summed E-state index contributed by atoms with van der Waals surface area (Å²) in [4.78, 5) is 22.5. The molecule has 0 spiro atoms. The number of alkyl halides is 3. The van der Waals surface area contributed by atoms with E-state index < -0.39 is 24.0 Å². The summed E-state index contributed by atoms with van der Waals surface area (Å²) < 4.78 is 38.9. The highest BCUT2D eigenvalue weighted by atomic mass is 19.4. The number of anilines is 4. The zero-order valence-corrected chi connectivity index (χ0v) is 19.1. The van der Waals surface area contributed by atoms with Crippen LogP contribution in [0.15, 0.2) is 54.9 Å². The van der Waals surface area contributed by atoms with Crippen molar-refractivity contribution >= 4 is 28.9 Å². The van der Waals surface area contributed by atoms with Gasteiger partial charge in [-0.05, 0) is 55.7 Å². The van der Waals surface area contributed by atoms with E-state index in [1.807, 2.05) is 6.92 Å². The first kappa shape index (κ1) is 24.3. The SMILES string of the molecule is Cc1ccc(NC(=O)c2cccc(C(F)(F)F)c2)cc1NC(O)N(C)c1cc(NC2CC2)ncn1. The molecule has 1 aliphatic carbocycles. The molecule has 4 rings (SSSR count). The second-order valence-corrected chi connectivity index (χ2v) is 8.37. The average Bonchev–Trinajstić information content (AvgIpc) is 3.64. The number of nitrogens with one attached hydrogen (secondary N) is 3. The van der Waals surface area contributed by atoms with Gasteiger partial charge < -0.3 is 26.0 Å². The molecule has 1 amide bonds. The molecule has 184 valence electrons. The van der Waals surface area contributed by atoms with Gasteiger partial charge in [-0.3, -0.25) is 4.79 Å². The fraction of sp³-hybridized carbons (Fsp3) is 0.292. The van der Waals surface area contributed by atoms with Crippen molar-refractivity contribution in [2.24, 2.45) is 0 Å². The van der Waals surface area contributed by atoms with Gasteiger partial charge in [-0.25, -0.2) is 9.97 Å². The topological polar surface area (TPSA) is 102 Å². The largest absolute Gasteiger partial charge is 0.416 e. The van der Waals surface area contributed by atoms with E-state index in [4.69, 9.17) is 0 Å². The summed E-state index contributed by atoms with van der Waals surface area (Å²) in [5.74, 6) is 0.488. The Morgan fingerprint density at radius 1 is 1.14 bits per heavy atom. The predicted molar refractivity (Wildman–Crippen MR) is 127 cm³/mol. The minimum absolute atomic E-state index is 0.117. The number of aliphatic hydroxyl groups excluding tert-OH is 1. The molecule has 2 aromatic carbocycles. The van der Waals surface area contributed by atoms with Crippen molar-refractivity contribution in [3.05, 3.63) is 71.5 Å². The lowest BCUT2D eigenvalue weighted by Crippen LogP contribution is -2.38. The Hall–Kier alpha value is -3.86. The third-order valence-electron chi connectivity index (χ3n) is 5.54. The molecule has 1 aliphatic rings. The monoisotopic (exact) mass is 486 g/mol. The van der Waals surface area contributed by atoms with Gasteiger partial charge in [0.2, 0.25) is 6.35 Å². The summed E-state index contributed by atoms with van der Waals surface area (Å²) in [5.41, 5.74) is 0.648. The second kappa shape index (κ2) is 9.79. The molecule has 0 aliphatic heterocycles. The molecule has 8 nitrogen and oxygen atoms in total. The molecule has 4 N–H and O–H groups in total. The summed E-state index contributed by atoms with van der Waals surface area (Å²) in [6.45, 7) is 1.82. The molecule has 1 saturated carbocycles. The van der Waals surface area contributed by atoms with Crippen LogP contribution in [0.25, 0.3) is 0 Å². The van der Waals surface area contributed by atoms with Crippen LogP contribution >= 0.6 is 0 Å². The number of amides is 1. The number of hydrogen-bond acceptors (Lipinski definition) is 7. The number of rotatable bonds is 8. The molecule has 1 fully saturated rings. The maximum absolute atomic E-state index is 13.0. The number of nitrogens with zero attached hydrogens (tertiary/aromatic N) is 3. The van der Waals surface area contributed by atoms with Crippen LogP contribution in [-0.2, 0) is 6.18 Å². The second-order valence-electron chi connectivity index (χ2n) is 8.37. The molecule has 1 aromatic heterocycles. The Morgan fingerprint density at radius 3 is 2.63 bits per heavy atom. The van der Waals surface area contributed by atoms with Gasteiger partial charge in [0.15, 0.2) is 0 Å². The zero-order valence-electron chi connectivity index (χ0n) is 19.1. The van der Waals surface area contributed by atoms with E-state index in [0.717, 1.165) is 30.5 Å². The van der Waals surface area contributed by atoms with Gasteiger partial charge in [-0.2, -0.15) is 13.2 Å². The van der Waals surface area contributed by atoms with Crippen molar-refractivity contribution in [1.82, 2.24) is 9.97 Å². The van der Waals surface area contributed by atoms with Crippen molar-refractivity contribution < 1.29 is 23.1 Å². The van der Waals surface area contributed by atoms with E-state index in [9.17, 15) is 23.1 Å². The highest BCUT2D eigenvalue weighted by Gasteiger charge is 2.31. The van der Waals surface area contributed by atoms with E-state index >= 15 is 0 Å². The number of carbonyl (C=O) groups excluding carboxylic acids is 1. The van der Waals surface area contributed by atoms with Gasteiger partial charge in [0.1, 0.15) is 18.0 Å². The van der Waals surface area contributed by atoms with E-state index in [0.29, 0.717) is 29.1 Å². The number of halogens is 3. The summed E-state index contributed by atoms with van der Waals surface area (Å²) in [6, 6.07) is 11.3. The predicted octanol–water partition coefficient (Wildman–Crippen LogP) is 4.45. The van der Waals surface area contributed by atoms with Crippen LogP contribution < -0.4 is 20.9 Å². The normalized spacial score (nSPS) is 14.2. The summed E-state index contributed by atoms with van der Waals surface area (Å²) in [5, 5.41) is 19.6. The highest BCUT2D eigenvalue weighted by molar-refractivity contribution is 6.04. The Labute approximate surface area is 200 Å². The van der Waals surface area contributed by atoms with Gasteiger partial charge in [0, 0.05) is 36.1 Å². The number of carbonyl (C=O) groups is 1. The fourth-order valence-corrected chi connectivity index (χ4v) is 3.31. The van der Waals surface area contributed by atoms with Crippen molar-refractivity contribution in [3.8, 4) is 0 Å². The maximum Gasteiger partial charge on any atom is 0.416 e. The van der Waals surface area contributed by atoms with Crippen LogP contribution in [-0.4, -0.2) is 40.4 Å². The summed E-state index contributed by atoms with van der Waals surface area (Å²) in [7, 11) is 1.66. The molecule has 0 radical (unpaired) electrons. The molecule has 11 heteroatoms. The minimum atomic E-state index is -4.54. The average molecular weight is 486 g/mol. The van der Waals surface area contributed by atoms with Crippen LogP contribution in [0.4, 0.5) is 36.2 Å². The number of aliphatic hydroxyl groups is 1. The molecule has 1 unspecified atom stereocenters. The molecule has 0 bridgehead atoms. The number of aromatic nitrogens is 2. The molecular weight excluding hydrogens is 461 g/mol. The lowest BCUT2D eigenvalue weighted by molar-refractivity contribution is -0.137. The first-order chi connectivity index (χ1) is 16.6. The van der Waals surface area contributed by atoms with Crippen LogP contribution in [0.5, 0.6) is 0 Å². The number of aryl methyl sites for hydroxylation is 1. The standard InChI is InChI=1S/C24H25F3N6O2/c1-14-6-7-18(31-22(34)15-4-3-5-16(10-15)24(25,26)27)11-19(14)32-23(35)33(2)21-12-20(28-13-29-21)30-17-8-9-17/h3-7,10-13,17,23,32,35H,8-9H2,1-2H3,(H,31,34)(H,28,29,30).